The number of carbonyl (C=O) groups is 2. The maximum Gasteiger partial charge on any atom is 0.329 e. The highest BCUT2D eigenvalue weighted by molar-refractivity contribution is 6.35. The zero-order valence-corrected chi connectivity index (χ0v) is 16.9. The van der Waals surface area contributed by atoms with Crippen molar-refractivity contribution in [3.8, 4) is 5.75 Å². The first kappa shape index (κ1) is 21.7. The molecular weight excluding hydrogens is 397 g/mol. The van der Waals surface area contributed by atoms with Crippen LogP contribution < -0.4 is 15.5 Å². The van der Waals surface area contributed by atoms with Crippen molar-refractivity contribution in [2.75, 3.05) is 0 Å². The van der Waals surface area contributed by atoms with E-state index < -0.39 is 11.8 Å². The molecule has 158 valence electrons. The molecule has 0 bridgehead atoms. The standard InChI is InChI=1S/C24H22FN3O3/c1-17(20-9-3-2-4-10-20)27-23(29)24(30)28-26-15-18-7-6-12-22(14-18)31-16-19-8-5-11-21(25)13-19/h2-15,17H,16H2,1H3,(H,27,29)(H,28,30)/b26-15-/t17-/m1/s1. The molecule has 0 radical (unpaired) electrons. The van der Waals surface area contributed by atoms with Crippen LogP contribution in [0.15, 0.2) is 84.0 Å². The average molecular weight is 419 g/mol. The van der Waals surface area contributed by atoms with Crippen LogP contribution in [0, 0.1) is 5.82 Å². The SMILES string of the molecule is C[C@@H](NC(=O)C(=O)N/N=C\c1cccc(OCc2cccc(F)c2)c1)c1ccccc1. The van der Waals surface area contributed by atoms with Crippen molar-refractivity contribution < 1.29 is 18.7 Å². The van der Waals surface area contributed by atoms with E-state index in [-0.39, 0.29) is 18.5 Å². The molecule has 0 spiro atoms. The van der Waals surface area contributed by atoms with Crippen molar-refractivity contribution in [3.63, 3.8) is 0 Å². The predicted octanol–water partition coefficient (Wildman–Crippen LogP) is 3.73. The molecule has 0 fully saturated rings. The number of hydrogen-bond acceptors (Lipinski definition) is 4. The van der Waals surface area contributed by atoms with E-state index in [1.807, 2.05) is 30.3 Å². The van der Waals surface area contributed by atoms with Crippen LogP contribution in [-0.2, 0) is 16.2 Å². The smallest absolute Gasteiger partial charge is 0.329 e. The number of nitrogens with zero attached hydrogens (tertiary/aromatic N) is 1. The van der Waals surface area contributed by atoms with Gasteiger partial charge in [0.2, 0.25) is 0 Å². The Kier molecular flexibility index (Phi) is 7.48. The van der Waals surface area contributed by atoms with E-state index >= 15 is 0 Å². The summed E-state index contributed by atoms with van der Waals surface area (Å²) in [5.74, 6) is -1.40. The first-order chi connectivity index (χ1) is 15.0. The van der Waals surface area contributed by atoms with E-state index in [1.54, 1.807) is 43.3 Å². The maximum atomic E-state index is 13.2. The first-order valence-corrected chi connectivity index (χ1v) is 9.67. The van der Waals surface area contributed by atoms with Gasteiger partial charge in [-0.1, -0.05) is 54.6 Å². The molecular formula is C24H22FN3O3. The Morgan fingerprint density at radius 1 is 1.00 bits per heavy atom. The number of hydrazone groups is 1. The molecule has 2 N–H and O–H groups in total. The van der Waals surface area contributed by atoms with Crippen LogP contribution in [0.1, 0.15) is 29.7 Å². The minimum atomic E-state index is -0.863. The highest BCUT2D eigenvalue weighted by Crippen LogP contribution is 2.15. The average Bonchev–Trinajstić information content (AvgIpc) is 2.78. The second-order valence-electron chi connectivity index (χ2n) is 6.80. The quantitative estimate of drug-likeness (QED) is 0.348. The van der Waals surface area contributed by atoms with Gasteiger partial charge in [0.25, 0.3) is 0 Å². The van der Waals surface area contributed by atoms with E-state index in [1.165, 1.54) is 18.3 Å². The summed E-state index contributed by atoms with van der Waals surface area (Å²) in [6.45, 7) is 2.01. The van der Waals surface area contributed by atoms with Crippen molar-refractivity contribution in [1.29, 1.82) is 0 Å². The fourth-order valence-electron chi connectivity index (χ4n) is 2.78. The largest absolute Gasteiger partial charge is 0.489 e. The third-order valence-electron chi connectivity index (χ3n) is 4.39. The van der Waals surface area contributed by atoms with Crippen LogP contribution in [0.4, 0.5) is 4.39 Å². The van der Waals surface area contributed by atoms with Crippen molar-refractivity contribution in [2.45, 2.75) is 19.6 Å². The van der Waals surface area contributed by atoms with Gasteiger partial charge in [-0.3, -0.25) is 9.59 Å². The Morgan fingerprint density at radius 3 is 2.55 bits per heavy atom. The zero-order valence-electron chi connectivity index (χ0n) is 16.9. The molecule has 0 aliphatic rings. The van der Waals surface area contributed by atoms with Crippen molar-refractivity contribution in [3.05, 3.63) is 101 Å². The number of amides is 2. The van der Waals surface area contributed by atoms with Gasteiger partial charge in [-0.25, -0.2) is 9.82 Å². The summed E-state index contributed by atoms with van der Waals surface area (Å²) in [7, 11) is 0. The van der Waals surface area contributed by atoms with Crippen LogP contribution in [0.3, 0.4) is 0 Å². The second-order valence-corrected chi connectivity index (χ2v) is 6.80. The van der Waals surface area contributed by atoms with Gasteiger partial charge in [0.05, 0.1) is 12.3 Å². The van der Waals surface area contributed by atoms with Crippen molar-refractivity contribution >= 4 is 18.0 Å². The first-order valence-electron chi connectivity index (χ1n) is 9.67. The number of rotatable bonds is 7. The lowest BCUT2D eigenvalue weighted by Crippen LogP contribution is -2.39. The van der Waals surface area contributed by atoms with Gasteiger partial charge in [-0.05, 0) is 47.9 Å². The normalized spacial score (nSPS) is 11.7. The van der Waals surface area contributed by atoms with Crippen molar-refractivity contribution in [1.82, 2.24) is 10.7 Å². The molecule has 3 rings (SSSR count). The van der Waals surface area contributed by atoms with Crippen LogP contribution >= 0.6 is 0 Å². The second kappa shape index (κ2) is 10.7. The Bertz CT molecular complexity index is 1070. The summed E-state index contributed by atoms with van der Waals surface area (Å²) in [6.07, 6.45) is 1.40. The Balaban J connectivity index is 1.50. The molecule has 3 aromatic carbocycles. The summed E-state index contributed by atoms with van der Waals surface area (Å²) in [5.41, 5.74) is 4.47. The molecule has 0 aliphatic heterocycles. The lowest BCUT2D eigenvalue weighted by molar-refractivity contribution is -0.139. The molecule has 7 heteroatoms. The van der Waals surface area contributed by atoms with Gasteiger partial charge in [0, 0.05) is 0 Å². The number of benzene rings is 3. The lowest BCUT2D eigenvalue weighted by Gasteiger charge is -2.13. The van der Waals surface area contributed by atoms with Crippen LogP contribution in [0.5, 0.6) is 5.75 Å². The lowest BCUT2D eigenvalue weighted by atomic mass is 10.1. The minimum absolute atomic E-state index is 0.217. The fourth-order valence-corrected chi connectivity index (χ4v) is 2.78. The van der Waals surface area contributed by atoms with Gasteiger partial charge in [0.15, 0.2) is 0 Å². The fraction of sp³-hybridized carbons (Fsp3) is 0.125. The molecule has 0 saturated heterocycles. The van der Waals surface area contributed by atoms with E-state index in [4.69, 9.17) is 4.74 Å². The molecule has 0 heterocycles. The topological polar surface area (TPSA) is 79.8 Å². The van der Waals surface area contributed by atoms with E-state index in [2.05, 4.69) is 15.8 Å². The van der Waals surface area contributed by atoms with Gasteiger partial charge in [-0.15, -0.1) is 0 Å². The van der Waals surface area contributed by atoms with Crippen LogP contribution in [0.25, 0.3) is 0 Å². The van der Waals surface area contributed by atoms with Crippen molar-refractivity contribution in [2.24, 2.45) is 5.10 Å². The molecule has 6 nitrogen and oxygen atoms in total. The molecule has 1 atom stereocenters. The monoisotopic (exact) mass is 419 g/mol. The number of nitrogens with one attached hydrogen (secondary N) is 2. The molecule has 2 amide bonds. The zero-order chi connectivity index (χ0) is 22.1. The van der Waals surface area contributed by atoms with E-state index in [0.717, 1.165) is 5.56 Å². The summed E-state index contributed by atoms with van der Waals surface area (Å²) >= 11 is 0. The molecule has 31 heavy (non-hydrogen) atoms. The van der Waals surface area contributed by atoms with E-state index in [9.17, 15) is 14.0 Å². The number of halogens is 1. The minimum Gasteiger partial charge on any atom is -0.489 e. The highest BCUT2D eigenvalue weighted by atomic mass is 19.1. The summed E-state index contributed by atoms with van der Waals surface area (Å²) in [6, 6.07) is 22.2. The number of carbonyl (C=O) groups excluding carboxylic acids is 2. The van der Waals surface area contributed by atoms with Gasteiger partial charge >= 0.3 is 11.8 Å². The Labute approximate surface area is 179 Å². The third kappa shape index (κ3) is 6.78. The predicted molar refractivity (Wildman–Crippen MR) is 116 cm³/mol. The van der Waals surface area contributed by atoms with Crippen LogP contribution in [0.2, 0.25) is 0 Å². The number of hydrogen-bond donors (Lipinski definition) is 2. The van der Waals surface area contributed by atoms with Gasteiger partial charge < -0.3 is 10.1 Å². The highest BCUT2D eigenvalue weighted by Gasteiger charge is 2.16. The molecule has 0 saturated carbocycles. The summed E-state index contributed by atoms with van der Waals surface area (Å²) < 4.78 is 18.9. The molecule has 0 aliphatic carbocycles. The third-order valence-corrected chi connectivity index (χ3v) is 4.39. The van der Waals surface area contributed by atoms with Gasteiger partial charge in [0.1, 0.15) is 18.2 Å². The summed E-state index contributed by atoms with van der Waals surface area (Å²) in [4.78, 5) is 24.0. The van der Waals surface area contributed by atoms with Crippen LogP contribution in [-0.4, -0.2) is 18.0 Å². The molecule has 0 unspecified atom stereocenters. The Hall–Kier alpha value is -4.00. The number of ether oxygens (including phenoxy) is 1. The van der Waals surface area contributed by atoms with E-state index in [0.29, 0.717) is 16.9 Å². The Morgan fingerprint density at radius 2 is 1.77 bits per heavy atom. The maximum absolute atomic E-state index is 13.2. The molecule has 0 aromatic heterocycles. The molecule has 3 aromatic rings. The van der Waals surface area contributed by atoms with Gasteiger partial charge in [-0.2, -0.15) is 5.10 Å². The summed E-state index contributed by atoms with van der Waals surface area (Å²) in [5, 5.41) is 6.44.